The zero-order valence-corrected chi connectivity index (χ0v) is 11.5. The molecular weight excluding hydrogens is 266 g/mol. The molecule has 0 saturated carbocycles. The van der Waals surface area contributed by atoms with Crippen molar-refractivity contribution in [1.29, 1.82) is 0 Å². The number of pyridine rings is 1. The van der Waals surface area contributed by atoms with Crippen LogP contribution in [0.2, 0.25) is 0 Å². The van der Waals surface area contributed by atoms with Crippen LogP contribution in [-0.2, 0) is 4.79 Å². The number of para-hydroxylation sites is 1. The van der Waals surface area contributed by atoms with E-state index < -0.39 is 0 Å². The van der Waals surface area contributed by atoms with Gasteiger partial charge < -0.3 is 10.2 Å². The molecule has 2 saturated heterocycles. The third-order valence-corrected chi connectivity index (χ3v) is 4.37. The van der Waals surface area contributed by atoms with Gasteiger partial charge in [0.25, 0.3) is 5.91 Å². The number of carbonyl (C=O) groups is 2. The average molecular weight is 281 g/mol. The van der Waals surface area contributed by atoms with Crippen LogP contribution in [-0.4, -0.2) is 40.3 Å². The van der Waals surface area contributed by atoms with E-state index in [1.807, 2.05) is 30.3 Å². The number of benzene rings is 1. The molecule has 0 radical (unpaired) electrons. The van der Waals surface area contributed by atoms with Crippen molar-refractivity contribution in [3.8, 4) is 0 Å². The van der Waals surface area contributed by atoms with Crippen LogP contribution in [0.15, 0.2) is 36.4 Å². The van der Waals surface area contributed by atoms with Crippen molar-refractivity contribution in [3.05, 3.63) is 42.1 Å². The molecule has 21 heavy (non-hydrogen) atoms. The summed E-state index contributed by atoms with van der Waals surface area (Å²) in [7, 11) is 0. The Morgan fingerprint density at radius 2 is 2.10 bits per heavy atom. The standard InChI is InChI=1S/C16H15N3O2/c20-15-9-14-12(18-15)7-8-19(14)16(21)13-6-5-10-3-1-2-4-11(10)17-13/h1-6,12,14H,7-9H2,(H,18,20). The van der Waals surface area contributed by atoms with Gasteiger partial charge in [-0.2, -0.15) is 0 Å². The minimum atomic E-state index is -0.0789. The smallest absolute Gasteiger partial charge is 0.272 e. The summed E-state index contributed by atoms with van der Waals surface area (Å²) in [6.45, 7) is 0.683. The predicted octanol–water partition coefficient (Wildman–Crippen LogP) is 1.34. The van der Waals surface area contributed by atoms with E-state index in [4.69, 9.17) is 0 Å². The predicted molar refractivity (Wildman–Crippen MR) is 77.7 cm³/mol. The quantitative estimate of drug-likeness (QED) is 0.858. The molecule has 2 atom stereocenters. The molecule has 0 bridgehead atoms. The fourth-order valence-electron chi connectivity index (χ4n) is 3.31. The molecule has 0 spiro atoms. The van der Waals surface area contributed by atoms with Gasteiger partial charge in [-0.1, -0.05) is 24.3 Å². The molecule has 1 aromatic carbocycles. The van der Waals surface area contributed by atoms with Crippen LogP contribution < -0.4 is 5.32 Å². The van der Waals surface area contributed by atoms with E-state index >= 15 is 0 Å². The van der Waals surface area contributed by atoms with Gasteiger partial charge >= 0.3 is 0 Å². The first kappa shape index (κ1) is 12.3. The number of carbonyl (C=O) groups excluding carboxylic acids is 2. The molecule has 2 aliphatic rings. The topological polar surface area (TPSA) is 62.3 Å². The number of nitrogens with one attached hydrogen (secondary N) is 1. The van der Waals surface area contributed by atoms with Crippen LogP contribution in [0.25, 0.3) is 10.9 Å². The summed E-state index contributed by atoms with van der Waals surface area (Å²) in [6.07, 6.45) is 1.24. The van der Waals surface area contributed by atoms with Gasteiger partial charge in [-0.25, -0.2) is 4.98 Å². The highest BCUT2D eigenvalue weighted by molar-refractivity contribution is 5.96. The van der Waals surface area contributed by atoms with Crippen molar-refractivity contribution < 1.29 is 9.59 Å². The van der Waals surface area contributed by atoms with Gasteiger partial charge in [-0.05, 0) is 18.6 Å². The van der Waals surface area contributed by atoms with E-state index in [2.05, 4.69) is 10.3 Å². The van der Waals surface area contributed by atoms with Crippen molar-refractivity contribution in [1.82, 2.24) is 15.2 Å². The van der Waals surface area contributed by atoms with E-state index in [1.54, 1.807) is 11.0 Å². The first-order chi connectivity index (χ1) is 10.2. The molecule has 1 aromatic heterocycles. The molecule has 1 N–H and O–H groups in total. The Balaban J connectivity index is 1.65. The van der Waals surface area contributed by atoms with E-state index in [9.17, 15) is 9.59 Å². The fourth-order valence-corrected chi connectivity index (χ4v) is 3.31. The highest BCUT2D eigenvalue weighted by atomic mass is 16.2. The lowest BCUT2D eigenvalue weighted by Crippen LogP contribution is -2.38. The fraction of sp³-hybridized carbons (Fsp3) is 0.312. The molecule has 2 unspecified atom stereocenters. The summed E-state index contributed by atoms with van der Waals surface area (Å²) in [5.74, 6) is -0.0428. The Morgan fingerprint density at radius 1 is 1.24 bits per heavy atom. The Kier molecular flexibility index (Phi) is 2.67. The Bertz CT molecular complexity index is 743. The second-order valence-electron chi connectivity index (χ2n) is 5.62. The van der Waals surface area contributed by atoms with Crippen LogP contribution in [0, 0.1) is 0 Å². The SMILES string of the molecule is O=C1CC2C(CCN2C(=O)c2ccc3ccccc3n2)N1. The van der Waals surface area contributed by atoms with Gasteiger partial charge in [-0.3, -0.25) is 9.59 Å². The Morgan fingerprint density at radius 3 is 3.00 bits per heavy atom. The average Bonchev–Trinajstić information content (AvgIpc) is 3.05. The van der Waals surface area contributed by atoms with E-state index in [-0.39, 0.29) is 23.9 Å². The monoisotopic (exact) mass is 281 g/mol. The summed E-state index contributed by atoms with van der Waals surface area (Å²) in [4.78, 5) is 30.4. The molecule has 2 amide bonds. The summed E-state index contributed by atoms with van der Waals surface area (Å²) in [5, 5.41) is 3.95. The summed E-state index contributed by atoms with van der Waals surface area (Å²) < 4.78 is 0. The summed E-state index contributed by atoms with van der Waals surface area (Å²) >= 11 is 0. The number of hydrogen-bond acceptors (Lipinski definition) is 3. The Labute approximate surface area is 122 Å². The zero-order valence-electron chi connectivity index (χ0n) is 11.5. The normalized spacial score (nSPS) is 24.2. The van der Waals surface area contributed by atoms with Crippen molar-refractivity contribution >= 4 is 22.7 Å². The van der Waals surface area contributed by atoms with Gasteiger partial charge in [0, 0.05) is 18.4 Å². The third kappa shape index (κ3) is 1.96. The lowest BCUT2D eigenvalue weighted by Gasteiger charge is -2.22. The molecule has 2 fully saturated rings. The van der Waals surface area contributed by atoms with E-state index in [0.29, 0.717) is 18.7 Å². The minimum absolute atomic E-state index is 0.0155. The summed E-state index contributed by atoms with van der Waals surface area (Å²) in [5.41, 5.74) is 1.27. The van der Waals surface area contributed by atoms with Gasteiger partial charge in [0.15, 0.2) is 0 Å². The molecule has 0 aliphatic carbocycles. The maximum atomic E-state index is 12.7. The molecule has 2 aromatic rings. The number of amides is 2. The Hall–Kier alpha value is -2.43. The first-order valence-electron chi connectivity index (χ1n) is 7.18. The summed E-state index contributed by atoms with van der Waals surface area (Å²) in [6, 6.07) is 11.5. The molecule has 2 aliphatic heterocycles. The van der Waals surface area contributed by atoms with Crippen molar-refractivity contribution in [2.75, 3.05) is 6.54 Å². The molecule has 4 rings (SSSR count). The third-order valence-electron chi connectivity index (χ3n) is 4.37. The van der Waals surface area contributed by atoms with Crippen LogP contribution in [0.1, 0.15) is 23.3 Å². The molecule has 5 heteroatoms. The highest BCUT2D eigenvalue weighted by Gasteiger charge is 2.43. The van der Waals surface area contributed by atoms with Crippen molar-refractivity contribution in [2.24, 2.45) is 0 Å². The van der Waals surface area contributed by atoms with Crippen LogP contribution in [0.4, 0.5) is 0 Å². The van der Waals surface area contributed by atoms with Gasteiger partial charge in [0.1, 0.15) is 5.69 Å². The maximum Gasteiger partial charge on any atom is 0.272 e. The first-order valence-corrected chi connectivity index (χ1v) is 7.18. The van der Waals surface area contributed by atoms with E-state index in [0.717, 1.165) is 17.3 Å². The molecule has 5 nitrogen and oxygen atoms in total. The molecule has 106 valence electrons. The minimum Gasteiger partial charge on any atom is -0.351 e. The van der Waals surface area contributed by atoms with Gasteiger partial charge in [0.05, 0.1) is 17.6 Å². The zero-order chi connectivity index (χ0) is 14.4. The van der Waals surface area contributed by atoms with Crippen molar-refractivity contribution in [2.45, 2.75) is 24.9 Å². The van der Waals surface area contributed by atoms with Gasteiger partial charge in [-0.15, -0.1) is 0 Å². The van der Waals surface area contributed by atoms with E-state index in [1.165, 1.54) is 0 Å². The maximum absolute atomic E-state index is 12.7. The second-order valence-corrected chi connectivity index (χ2v) is 5.62. The largest absolute Gasteiger partial charge is 0.351 e. The number of rotatable bonds is 1. The van der Waals surface area contributed by atoms with Crippen molar-refractivity contribution in [3.63, 3.8) is 0 Å². The number of fused-ring (bicyclic) bond motifs is 2. The van der Waals surface area contributed by atoms with Crippen LogP contribution in [0.5, 0.6) is 0 Å². The van der Waals surface area contributed by atoms with Crippen LogP contribution >= 0.6 is 0 Å². The number of nitrogens with zero attached hydrogens (tertiary/aromatic N) is 2. The lowest BCUT2D eigenvalue weighted by atomic mass is 10.1. The second kappa shape index (κ2) is 4.55. The van der Waals surface area contributed by atoms with Gasteiger partial charge in [0.2, 0.25) is 5.91 Å². The van der Waals surface area contributed by atoms with Crippen LogP contribution in [0.3, 0.4) is 0 Å². The number of hydrogen-bond donors (Lipinski definition) is 1. The number of aromatic nitrogens is 1. The molecular formula is C16H15N3O2. The molecule has 3 heterocycles. The number of likely N-dealkylation sites (tertiary alicyclic amines) is 1. The highest BCUT2D eigenvalue weighted by Crippen LogP contribution is 2.27. The lowest BCUT2D eigenvalue weighted by molar-refractivity contribution is -0.119.